The first-order chi connectivity index (χ1) is 12.6. The van der Waals surface area contributed by atoms with Gasteiger partial charge in [0, 0.05) is 5.38 Å². The molecule has 0 saturated carbocycles. The predicted octanol–water partition coefficient (Wildman–Crippen LogP) is 3.71. The van der Waals surface area contributed by atoms with Crippen LogP contribution in [-0.2, 0) is 16.0 Å². The summed E-state index contributed by atoms with van der Waals surface area (Å²) in [6.45, 7) is 4.61. The molecule has 0 radical (unpaired) electrons. The quantitative estimate of drug-likeness (QED) is 0.250. The number of anilines is 1. The van der Waals surface area contributed by atoms with Crippen LogP contribution in [0.25, 0.3) is 0 Å². The highest BCUT2D eigenvalue weighted by Gasteiger charge is 2.10. The van der Waals surface area contributed by atoms with Gasteiger partial charge in [0.05, 0.1) is 42.2 Å². The Morgan fingerprint density at radius 3 is 2.88 bits per heavy atom. The van der Waals surface area contributed by atoms with Crippen molar-refractivity contribution < 1.29 is 19.0 Å². The number of halogens is 1. The summed E-state index contributed by atoms with van der Waals surface area (Å²) < 4.78 is 16.8. The number of hydrogen-bond donors (Lipinski definition) is 1. The van der Waals surface area contributed by atoms with E-state index in [9.17, 15) is 4.79 Å². The molecule has 0 spiro atoms. The topological polar surface area (TPSA) is 82.0 Å². The van der Waals surface area contributed by atoms with E-state index >= 15 is 0 Å². The molecule has 0 fully saturated rings. The van der Waals surface area contributed by atoms with Gasteiger partial charge in [-0.1, -0.05) is 0 Å². The van der Waals surface area contributed by atoms with E-state index in [2.05, 4.69) is 38.1 Å². The van der Waals surface area contributed by atoms with Crippen molar-refractivity contribution >= 4 is 51.2 Å². The van der Waals surface area contributed by atoms with Crippen LogP contribution in [0, 0.1) is 3.57 Å². The molecule has 0 aliphatic heterocycles. The Balaban J connectivity index is 2.02. The highest BCUT2D eigenvalue weighted by atomic mass is 127. The minimum Gasteiger partial charge on any atom is -0.492 e. The van der Waals surface area contributed by atoms with Crippen LogP contribution in [0.1, 0.15) is 25.1 Å². The van der Waals surface area contributed by atoms with E-state index in [0.717, 1.165) is 9.13 Å². The van der Waals surface area contributed by atoms with Crippen LogP contribution in [0.15, 0.2) is 22.6 Å². The second kappa shape index (κ2) is 10.3. The number of carbonyl (C=O) groups is 1. The van der Waals surface area contributed by atoms with Crippen LogP contribution in [0.5, 0.6) is 11.5 Å². The third-order valence-corrected chi connectivity index (χ3v) is 4.69. The number of hydrogen-bond acceptors (Lipinski definition) is 8. The molecule has 1 aromatic carbocycles. The molecule has 0 saturated heterocycles. The largest absolute Gasteiger partial charge is 0.492 e. The van der Waals surface area contributed by atoms with Gasteiger partial charge in [0.1, 0.15) is 0 Å². The second-order valence-corrected chi connectivity index (χ2v) is 6.98. The molecule has 0 bridgehead atoms. The van der Waals surface area contributed by atoms with Gasteiger partial charge in [-0.2, -0.15) is 5.10 Å². The molecular formula is C17H20IN3O4S. The summed E-state index contributed by atoms with van der Waals surface area (Å²) >= 11 is 3.57. The molecule has 26 heavy (non-hydrogen) atoms. The van der Waals surface area contributed by atoms with Crippen molar-refractivity contribution in [3.63, 3.8) is 0 Å². The summed E-state index contributed by atoms with van der Waals surface area (Å²) in [5.74, 6) is 1.10. The van der Waals surface area contributed by atoms with Gasteiger partial charge in [-0.15, -0.1) is 11.3 Å². The minimum atomic E-state index is -0.288. The summed E-state index contributed by atoms with van der Waals surface area (Å²) in [5.41, 5.74) is 4.39. The maximum absolute atomic E-state index is 11.5. The number of carbonyl (C=O) groups excluding carboxylic acids is 1. The van der Waals surface area contributed by atoms with Gasteiger partial charge in [0.25, 0.3) is 0 Å². The monoisotopic (exact) mass is 489 g/mol. The number of aromatic nitrogens is 1. The lowest BCUT2D eigenvalue weighted by Gasteiger charge is -2.11. The summed E-state index contributed by atoms with van der Waals surface area (Å²) in [6, 6.07) is 3.81. The van der Waals surface area contributed by atoms with Crippen LogP contribution in [0.4, 0.5) is 5.13 Å². The highest BCUT2D eigenvalue weighted by molar-refractivity contribution is 14.1. The molecular weight excluding hydrogens is 469 g/mol. The molecule has 0 unspecified atom stereocenters. The summed E-state index contributed by atoms with van der Waals surface area (Å²) in [7, 11) is 1.62. The van der Waals surface area contributed by atoms with Gasteiger partial charge in [0.15, 0.2) is 11.5 Å². The molecule has 7 nitrogen and oxygen atoms in total. The van der Waals surface area contributed by atoms with Gasteiger partial charge in [-0.3, -0.25) is 10.2 Å². The second-order valence-electron chi connectivity index (χ2n) is 4.96. The first-order valence-corrected chi connectivity index (χ1v) is 9.92. The number of methoxy groups -OCH3 is 1. The Morgan fingerprint density at radius 2 is 2.19 bits per heavy atom. The molecule has 0 atom stereocenters. The standard InChI is InChI=1S/C17H20IN3O4S/c1-4-24-14-7-11(6-13(18)16(14)23-3)9-19-21-17-20-12(10-26-17)8-15(22)25-5-2/h6-7,9-10H,4-5,8H2,1-3H3,(H,20,21). The Hall–Kier alpha value is -1.88. The fraction of sp³-hybridized carbons (Fsp3) is 0.353. The zero-order chi connectivity index (χ0) is 18.9. The predicted molar refractivity (Wildman–Crippen MR) is 111 cm³/mol. The van der Waals surface area contributed by atoms with E-state index in [1.165, 1.54) is 11.3 Å². The van der Waals surface area contributed by atoms with Crippen LogP contribution < -0.4 is 14.9 Å². The summed E-state index contributed by atoms with van der Waals surface area (Å²) in [6.07, 6.45) is 1.83. The number of rotatable bonds is 9. The number of benzene rings is 1. The van der Waals surface area contributed by atoms with Crippen molar-refractivity contribution in [2.45, 2.75) is 20.3 Å². The third kappa shape index (κ3) is 5.84. The lowest BCUT2D eigenvalue weighted by Crippen LogP contribution is -2.07. The Morgan fingerprint density at radius 1 is 1.38 bits per heavy atom. The summed E-state index contributed by atoms with van der Waals surface area (Å²) in [4.78, 5) is 15.8. The van der Waals surface area contributed by atoms with Crippen molar-refractivity contribution in [3.05, 3.63) is 32.3 Å². The maximum Gasteiger partial charge on any atom is 0.311 e. The number of hydrazone groups is 1. The average Bonchev–Trinajstić information content (AvgIpc) is 3.02. The molecule has 9 heteroatoms. The van der Waals surface area contributed by atoms with Crippen LogP contribution in [0.2, 0.25) is 0 Å². The van der Waals surface area contributed by atoms with Crippen LogP contribution >= 0.6 is 33.9 Å². The molecule has 1 aromatic heterocycles. The first-order valence-electron chi connectivity index (χ1n) is 7.96. The van der Waals surface area contributed by atoms with Gasteiger partial charge in [-0.05, 0) is 54.1 Å². The van der Waals surface area contributed by atoms with Crippen LogP contribution in [0.3, 0.4) is 0 Å². The number of esters is 1. The molecule has 140 valence electrons. The van der Waals surface area contributed by atoms with E-state index in [-0.39, 0.29) is 12.4 Å². The highest BCUT2D eigenvalue weighted by Crippen LogP contribution is 2.33. The molecule has 1 N–H and O–H groups in total. The van der Waals surface area contributed by atoms with Crippen molar-refractivity contribution in [2.75, 3.05) is 25.7 Å². The molecule has 0 amide bonds. The number of nitrogens with zero attached hydrogens (tertiary/aromatic N) is 2. The first kappa shape index (κ1) is 20.4. The Bertz CT molecular complexity index is 779. The van der Waals surface area contributed by atoms with Gasteiger partial charge >= 0.3 is 5.97 Å². The van der Waals surface area contributed by atoms with Crippen LogP contribution in [-0.4, -0.2) is 37.5 Å². The van der Waals surface area contributed by atoms with Crippen molar-refractivity contribution in [1.29, 1.82) is 0 Å². The Kier molecular flexibility index (Phi) is 8.10. The maximum atomic E-state index is 11.5. The fourth-order valence-corrected chi connectivity index (χ4v) is 3.59. The summed E-state index contributed by atoms with van der Waals surface area (Å²) in [5, 5.41) is 6.60. The van der Waals surface area contributed by atoms with E-state index in [4.69, 9.17) is 14.2 Å². The van der Waals surface area contributed by atoms with Gasteiger partial charge in [-0.25, -0.2) is 4.98 Å². The zero-order valence-electron chi connectivity index (χ0n) is 14.7. The van der Waals surface area contributed by atoms with Crippen molar-refractivity contribution in [2.24, 2.45) is 5.10 Å². The number of thiazole rings is 1. The average molecular weight is 489 g/mol. The number of nitrogens with one attached hydrogen (secondary N) is 1. The SMILES string of the molecule is CCOC(=O)Cc1csc(NN=Cc2cc(I)c(OC)c(OCC)c2)n1. The van der Waals surface area contributed by atoms with E-state index in [0.29, 0.717) is 35.5 Å². The van der Waals surface area contributed by atoms with E-state index in [1.807, 2.05) is 19.1 Å². The van der Waals surface area contributed by atoms with E-state index < -0.39 is 0 Å². The van der Waals surface area contributed by atoms with E-state index in [1.54, 1.807) is 25.6 Å². The third-order valence-electron chi connectivity index (χ3n) is 3.09. The molecule has 2 rings (SSSR count). The molecule has 0 aliphatic carbocycles. The van der Waals surface area contributed by atoms with Crippen molar-refractivity contribution in [3.8, 4) is 11.5 Å². The van der Waals surface area contributed by atoms with Crippen molar-refractivity contribution in [1.82, 2.24) is 4.98 Å². The lowest BCUT2D eigenvalue weighted by atomic mass is 10.2. The molecule has 1 heterocycles. The Labute approximate surface area is 169 Å². The lowest BCUT2D eigenvalue weighted by molar-refractivity contribution is -0.142. The van der Waals surface area contributed by atoms with Gasteiger partial charge < -0.3 is 14.2 Å². The smallest absolute Gasteiger partial charge is 0.311 e. The normalized spacial score (nSPS) is 10.8. The van der Waals surface area contributed by atoms with Gasteiger partial charge in [0.2, 0.25) is 5.13 Å². The molecule has 0 aliphatic rings. The fourth-order valence-electron chi connectivity index (χ4n) is 2.08. The number of ether oxygens (including phenoxy) is 3. The molecule has 2 aromatic rings. The minimum absolute atomic E-state index is 0.157. The zero-order valence-corrected chi connectivity index (χ0v) is 17.7.